The highest BCUT2D eigenvalue weighted by molar-refractivity contribution is 5.97. The second kappa shape index (κ2) is 5.58. The zero-order chi connectivity index (χ0) is 14.8. The number of nitrogens with one attached hydrogen (secondary N) is 1. The van der Waals surface area contributed by atoms with Gasteiger partial charge < -0.3 is 19.9 Å². The van der Waals surface area contributed by atoms with E-state index in [4.69, 9.17) is 14.6 Å². The first kappa shape index (κ1) is 14.4. The molecule has 1 heterocycles. The minimum atomic E-state index is -4.77. The number of fused-ring (bicyclic) bond motifs is 1. The third kappa shape index (κ3) is 3.13. The summed E-state index contributed by atoms with van der Waals surface area (Å²) in [4.78, 5) is 11.8. The highest BCUT2D eigenvalue weighted by Crippen LogP contribution is 2.33. The van der Waals surface area contributed by atoms with Gasteiger partial charge in [0.2, 0.25) is 0 Å². The molecule has 0 saturated carbocycles. The largest absolute Gasteiger partial charge is 0.486 e. The number of aliphatic hydroxyl groups excluding tert-OH is 1. The van der Waals surface area contributed by atoms with Crippen molar-refractivity contribution < 1.29 is 32.5 Å². The first-order valence-corrected chi connectivity index (χ1v) is 5.81. The third-order valence-electron chi connectivity index (χ3n) is 2.64. The summed E-state index contributed by atoms with van der Waals surface area (Å²) in [6.07, 6.45) is -7.38. The normalized spacial score (nSPS) is 15.6. The quantitative estimate of drug-likeness (QED) is 0.875. The summed E-state index contributed by atoms with van der Waals surface area (Å²) in [5.74, 6) is -0.214. The molecular formula is C12H12F3NO4. The van der Waals surface area contributed by atoms with Crippen molar-refractivity contribution in [3.05, 3.63) is 23.8 Å². The van der Waals surface area contributed by atoms with E-state index in [1.165, 1.54) is 12.1 Å². The van der Waals surface area contributed by atoms with Crippen molar-refractivity contribution in [3.8, 4) is 11.5 Å². The van der Waals surface area contributed by atoms with Crippen LogP contribution in [0.3, 0.4) is 0 Å². The number of ether oxygens (including phenoxy) is 2. The average molecular weight is 291 g/mol. The van der Waals surface area contributed by atoms with Gasteiger partial charge in [0.1, 0.15) is 13.2 Å². The van der Waals surface area contributed by atoms with Gasteiger partial charge in [0, 0.05) is 0 Å². The van der Waals surface area contributed by atoms with Gasteiger partial charge in [-0.05, 0) is 12.1 Å². The van der Waals surface area contributed by atoms with Gasteiger partial charge >= 0.3 is 6.18 Å². The molecule has 1 aliphatic rings. The first-order chi connectivity index (χ1) is 9.39. The maximum absolute atomic E-state index is 12.1. The second-order valence-corrected chi connectivity index (χ2v) is 4.10. The Labute approximate surface area is 112 Å². The number of hydrogen-bond acceptors (Lipinski definition) is 4. The van der Waals surface area contributed by atoms with Crippen LogP contribution in [0.15, 0.2) is 18.2 Å². The minimum Gasteiger partial charge on any atom is -0.486 e. The Morgan fingerprint density at radius 1 is 1.35 bits per heavy atom. The lowest BCUT2D eigenvalue weighted by atomic mass is 10.1. The molecule has 0 aromatic heterocycles. The Hall–Kier alpha value is -1.96. The van der Waals surface area contributed by atoms with Gasteiger partial charge in [-0.3, -0.25) is 4.79 Å². The Kier molecular flexibility index (Phi) is 4.03. The zero-order valence-corrected chi connectivity index (χ0v) is 10.2. The van der Waals surface area contributed by atoms with Gasteiger partial charge in [-0.2, -0.15) is 13.2 Å². The summed E-state index contributed by atoms with van der Waals surface area (Å²) in [5, 5.41) is 10.8. The van der Waals surface area contributed by atoms with Crippen molar-refractivity contribution >= 4 is 5.91 Å². The number of benzene rings is 1. The SMILES string of the molecule is O=C(NCC(O)C(F)(F)F)c1cccc2c1OCCO2. The molecule has 0 fully saturated rings. The molecule has 0 saturated heterocycles. The molecule has 0 radical (unpaired) electrons. The van der Waals surface area contributed by atoms with Crippen LogP contribution in [0.25, 0.3) is 0 Å². The zero-order valence-electron chi connectivity index (χ0n) is 10.2. The maximum atomic E-state index is 12.1. The number of alkyl halides is 3. The van der Waals surface area contributed by atoms with Gasteiger partial charge in [0.05, 0.1) is 12.1 Å². The molecule has 0 bridgehead atoms. The van der Waals surface area contributed by atoms with Gasteiger partial charge in [0.15, 0.2) is 17.6 Å². The summed E-state index contributed by atoms with van der Waals surface area (Å²) in [7, 11) is 0. The highest BCUT2D eigenvalue weighted by atomic mass is 19.4. The van der Waals surface area contributed by atoms with Crippen molar-refractivity contribution in [1.82, 2.24) is 5.32 Å². The molecular weight excluding hydrogens is 279 g/mol. The van der Waals surface area contributed by atoms with E-state index in [-0.39, 0.29) is 17.9 Å². The van der Waals surface area contributed by atoms with Crippen LogP contribution in [0.4, 0.5) is 13.2 Å². The molecule has 2 rings (SSSR count). The summed E-state index contributed by atoms with van der Waals surface area (Å²) in [6.45, 7) is -0.333. The van der Waals surface area contributed by atoms with Crippen LogP contribution in [0.5, 0.6) is 11.5 Å². The van der Waals surface area contributed by atoms with Crippen molar-refractivity contribution in [1.29, 1.82) is 0 Å². The first-order valence-electron chi connectivity index (χ1n) is 5.81. The number of aliphatic hydroxyl groups is 1. The van der Waals surface area contributed by atoms with Crippen LogP contribution in [0.2, 0.25) is 0 Å². The molecule has 1 atom stereocenters. The smallest absolute Gasteiger partial charge is 0.416 e. The standard InChI is InChI=1S/C12H12F3NO4/c13-12(14,15)9(17)6-16-11(18)7-2-1-3-8-10(7)20-5-4-19-8/h1-3,9,17H,4-6H2,(H,16,18). The van der Waals surface area contributed by atoms with Crippen molar-refractivity contribution in [2.45, 2.75) is 12.3 Å². The lowest BCUT2D eigenvalue weighted by Crippen LogP contribution is -2.40. The predicted molar refractivity (Wildman–Crippen MR) is 61.8 cm³/mol. The van der Waals surface area contributed by atoms with E-state index >= 15 is 0 Å². The maximum Gasteiger partial charge on any atom is 0.416 e. The Morgan fingerprint density at radius 2 is 2.05 bits per heavy atom. The number of amides is 1. The number of carbonyl (C=O) groups excluding carboxylic acids is 1. The molecule has 8 heteroatoms. The fourth-order valence-electron chi connectivity index (χ4n) is 1.65. The summed E-state index contributed by atoms with van der Waals surface area (Å²) in [6, 6.07) is 4.53. The number of hydrogen-bond donors (Lipinski definition) is 2. The Morgan fingerprint density at radius 3 is 2.75 bits per heavy atom. The Balaban J connectivity index is 2.07. The molecule has 20 heavy (non-hydrogen) atoms. The van der Waals surface area contributed by atoms with Crippen molar-refractivity contribution in [2.24, 2.45) is 0 Å². The predicted octanol–water partition coefficient (Wildman–Crippen LogP) is 1.11. The van der Waals surface area contributed by atoms with E-state index in [9.17, 15) is 18.0 Å². The van der Waals surface area contributed by atoms with E-state index in [0.29, 0.717) is 12.4 Å². The van der Waals surface area contributed by atoms with Gasteiger partial charge in [-0.25, -0.2) is 0 Å². The van der Waals surface area contributed by atoms with E-state index in [1.54, 1.807) is 6.07 Å². The molecule has 1 unspecified atom stereocenters. The summed E-state index contributed by atoms with van der Waals surface area (Å²) >= 11 is 0. The molecule has 1 amide bonds. The molecule has 110 valence electrons. The molecule has 2 N–H and O–H groups in total. The van der Waals surface area contributed by atoms with E-state index in [0.717, 1.165) is 0 Å². The van der Waals surface area contributed by atoms with E-state index in [2.05, 4.69) is 0 Å². The van der Waals surface area contributed by atoms with Crippen LogP contribution < -0.4 is 14.8 Å². The van der Waals surface area contributed by atoms with Crippen LogP contribution in [-0.2, 0) is 0 Å². The topological polar surface area (TPSA) is 67.8 Å². The van der Waals surface area contributed by atoms with E-state index in [1.807, 2.05) is 5.32 Å². The molecule has 1 aliphatic heterocycles. The van der Waals surface area contributed by atoms with Crippen LogP contribution in [0.1, 0.15) is 10.4 Å². The monoisotopic (exact) mass is 291 g/mol. The van der Waals surface area contributed by atoms with Gasteiger partial charge in [0.25, 0.3) is 5.91 Å². The molecule has 0 aliphatic carbocycles. The highest BCUT2D eigenvalue weighted by Gasteiger charge is 2.38. The molecule has 5 nitrogen and oxygen atoms in total. The summed E-state index contributed by atoms with van der Waals surface area (Å²) < 4.78 is 46.9. The summed E-state index contributed by atoms with van der Waals surface area (Å²) in [5.41, 5.74) is 0.0663. The number of rotatable bonds is 3. The second-order valence-electron chi connectivity index (χ2n) is 4.10. The number of carbonyl (C=O) groups is 1. The fraction of sp³-hybridized carbons (Fsp3) is 0.417. The van der Waals surface area contributed by atoms with Gasteiger partial charge in [-0.1, -0.05) is 6.07 Å². The van der Waals surface area contributed by atoms with Crippen molar-refractivity contribution in [3.63, 3.8) is 0 Å². The van der Waals surface area contributed by atoms with Crippen LogP contribution in [0, 0.1) is 0 Å². The van der Waals surface area contributed by atoms with Gasteiger partial charge in [-0.15, -0.1) is 0 Å². The lowest BCUT2D eigenvalue weighted by molar-refractivity contribution is -0.201. The third-order valence-corrected chi connectivity index (χ3v) is 2.64. The molecule has 0 spiro atoms. The van der Waals surface area contributed by atoms with Crippen LogP contribution >= 0.6 is 0 Å². The average Bonchev–Trinajstić information content (AvgIpc) is 2.42. The Bertz CT molecular complexity index is 504. The van der Waals surface area contributed by atoms with Crippen LogP contribution in [-0.4, -0.2) is 43.1 Å². The fourth-order valence-corrected chi connectivity index (χ4v) is 1.65. The number of para-hydroxylation sites is 1. The number of halogens is 3. The lowest BCUT2D eigenvalue weighted by Gasteiger charge is -2.21. The van der Waals surface area contributed by atoms with Crippen molar-refractivity contribution in [2.75, 3.05) is 19.8 Å². The van der Waals surface area contributed by atoms with E-state index < -0.39 is 24.7 Å². The molecule has 1 aromatic rings. The minimum absolute atomic E-state index is 0.0663. The molecule has 1 aromatic carbocycles.